The second-order valence-electron chi connectivity index (χ2n) is 1.03. The van der Waals surface area contributed by atoms with Crippen LogP contribution < -0.4 is 0 Å². The third kappa shape index (κ3) is 0.652. The van der Waals surface area contributed by atoms with Gasteiger partial charge in [0.05, 0.1) is 0 Å². The fraction of sp³-hybridized carbons (Fsp3) is 0. The number of carbonyl (C=O) groups excluding carboxylic acids is 1. The molecule has 0 saturated heterocycles. The summed E-state index contributed by atoms with van der Waals surface area (Å²) in [4.78, 5) is 15.8. The molecule has 0 bridgehead atoms. The molecule has 3 nitrogen and oxygen atoms in total. The number of rotatable bonds is 1. The standard InChI is InChI=1S/C4H3N2O/c7-3-4-5-1-2-6-4/h1,3H,(H,5,6). The van der Waals surface area contributed by atoms with Crippen LogP contribution in [0.3, 0.4) is 0 Å². The van der Waals surface area contributed by atoms with Crippen molar-refractivity contribution in [1.82, 2.24) is 9.97 Å². The molecule has 1 aromatic heterocycles. The van der Waals surface area contributed by atoms with E-state index < -0.39 is 0 Å². The monoisotopic (exact) mass is 95.0 g/mol. The van der Waals surface area contributed by atoms with Gasteiger partial charge >= 0.3 is 0 Å². The fourth-order valence-corrected chi connectivity index (χ4v) is 0.301. The Balaban J connectivity index is 2.96. The summed E-state index contributed by atoms with van der Waals surface area (Å²) in [6.45, 7) is 0. The maximum Gasteiger partial charge on any atom is 0.185 e. The Morgan fingerprint density at radius 2 is 2.86 bits per heavy atom. The van der Waals surface area contributed by atoms with Crippen molar-refractivity contribution in [2.45, 2.75) is 0 Å². The van der Waals surface area contributed by atoms with Gasteiger partial charge in [0.25, 0.3) is 0 Å². The van der Waals surface area contributed by atoms with Crippen LogP contribution in [0, 0.1) is 6.20 Å². The first kappa shape index (κ1) is 4.05. The van der Waals surface area contributed by atoms with Gasteiger partial charge in [-0.15, -0.1) is 0 Å². The predicted molar refractivity (Wildman–Crippen MR) is 22.8 cm³/mol. The summed E-state index contributed by atoms with van der Waals surface area (Å²) >= 11 is 0. The smallest absolute Gasteiger partial charge is 0.185 e. The van der Waals surface area contributed by atoms with E-state index in [4.69, 9.17) is 0 Å². The number of nitrogens with zero attached hydrogens (tertiary/aromatic N) is 1. The Morgan fingerprint density at radius 3 is 3.14 bits per heavy atom. The zero-order valence-corrected chi connectivity index (χ0v) is 3.51. The Bertz CT molecular complexity index is 145. The van der Waals surface area contributed by atoms with Crippen molar-refractivity contribution in [1.29, 1.82) is 0 Å². The summed E-state index contributed by atoms with van der Waals surface area (Å²) < 4.78 is 0. The quantitative estimate of drug-likeness (QED) is 0.500. The molecule has 0 amide bonds. The number of carbonyl (C=O) groups is 1. The zero-order valence-electron chi connectivity index (χ0n) is 3.51. The average molecular weight is 95.1 g/mol. The van der Waals surface area contributed by atoms with Crippen LogP contribution in [-0.2, 0) is 0 Å². The van der Waals surface area contributed by atoms with Gasteiger partial charge in [-0.1, -0.05) is 0 Å². The average Bonchev–Trinajstić information content (AvgIpc) is 2.14. The Hall–Kier alpha value is -1.12. The van der Waals surface area contributed by atoms with Gasteiger partial charge in [-0.25, -0.2) is 4.98 Å². The van der Waals surface area contributed by atoms with Gasteiger partial charge in [-0.3, -0.25) is 4.79 Å². The Kier molecular flexibility index (Phi) is 0.898. The summed E-state index contributed by atoms with van der Waals surface area (Å²) in [7, 11) is 0. The van der Waals surface area contributed by atoms with Crippen LogP contribution in [0.1, 0.15) is 10.6 Å². The fourth-order valence-electron chi connectivity index (χ4n) is 0.301. The van der Waals surface area contributed by atoms with E-state index in [0.717, 1.165) is 0 Å². The highest BCUT2D eigenvalue weighted by Crippen LogP contribution is 1.76. The van der Waals surface area contributed by atoms with Gasteiger partial charge in [-0.05, 0) is 0 Å². The Morgan fingerprint density at radius 1 is 2.00 bits per heavy atom. The molecular weight excluding hydrogens is 92.1 g/mol. The number of imidazole rings is 1. The van der Waals surface area contributed by atoms with E-state index in [2.05, 4.69) is 16.2 Å². The van der Waals surface area contributed by atoms with E-state index >= 15 is 0 Å². The molecule has 35 valence electrons. The van der Waals surface area contributed by atoms with Crippen LogP contribution in [0.15, 0.2) is 6.20 Å². The molecule has 0 aromatic carbocycles. The summed E-state index contributed by atoms with van der Waals surface area (Å²) in [5, 5.41) is 0. The topological polar surface area (TPSA) is 45.8 Å². The molecule has 0 fully saturated rings. The minimum atomic E-state index is 0.319. The molecule has 3 heteroatoms. The number of H-pyrrole nitrogens is 1. The summed E-state index contributed by atoms with van der Waals surface area (Å²) in [6, 6.07) is 0. The number of aldehydes is 1. The maximum absolute atomic E-state index is 9.75. The lowest BCUT2D eigenvalue weighted by molar-refractivity contribution is 0.111. The first-order valence-corrected chi connectivity index (χ1v) is 1.80. The molecule has 0 aliphatic rings. The molecule has 0 saturated carbocycles. The maximum atomic E-state index is 9.75. The van der Waals surface area contributed by atoms with Gasteiger partial charge < -0.3 is 4.98 Å². The van der Waals surface area contributed by atoms with Gasteiger partial charge in [0.2, 0.25) is 0 Å². The van der Waals surface area contributed by atoms with Gasteiger partial charge in [-0.2, -0.15) is 0 Å². The molecule has 1 N–H and O–H groups in total. The summed E-state index contributed by atoms with van der Waals surface area (Å²) in [6.07, 6.45) is 4.56. The van der Waals surface area contributed by atoms with Crippen LogP contribution in [-0.4, -0.2) is 16.3 Å². The molecular formula is C4H3N2O. The second-order valence-corrected chi connectivity index (χ2v) is 1.03. The van der Waals surface area contributed by atoms with Crippen LogP contribution in [0.4, 0.5) is 0 Å². The van der Waals surface area contributed by atoms with E-state index in [0.29, 0.717) is 12.1 Å². The molecule has 1 heterocycles. The van der Waals surface area contributed by atoms with Crippen LogP contribution >= 0.6 is 0 Å². The zero-order chi connectivity index (χ0) is 5.11. The summed E-state index contributed by atoms with van der Waals surface area (Å²) in [5.41, 5.74) is 0. The van der Waals surface area contributed by atoms with Crippen molar-refractivity contribution in [3.8, 4) is 0 Å². The van der Waals surface area contributed by atoms with E-state index in [9.17, 15) is 4.79 Å². The molecule has 0 atom stereocenters. The third-order valence-electron chi connectivity index (χ3n) is 0.581. The molecule has 1 radical (unpaired) electrons. The van der Waals surface area contributed by atoms with E-state index in [1.165, 1.54) is 6.20 Å². The van der Waals surface area contributed by atoms with Crippen molar-refractivity contribution in [2.24, 2.45) is 0 Å². The van der Waals surface area contributed by atoms with Crippen molar-refractivity contribution in [3.63, 3.8) is 0 Å². The molecule has 7 heavy (non-hydrogen) atoms. The van der Waals surface area contributed by atoms with Crippen molar-refractivity contribution in [2.75, 3.05) is 0 Å². The predicted octanol–water partition coefficient (Wildman–Crippen LogP) is 0.0224. The number of hydrogen-bond acceptors (Lipinski definition) is 2. The highest BCUT2D eigenvalue weighted by molar-refractivity contribution is 5.68. The molecule has 0 unspecified atom stereocenters. The van der Waals surface area contributed by atoms with Gasteiger partial charge in [0.1, 0.15) is 6.20 Å². The first-order valence-electron chi connectivity index (χ1n) is 1.80. The van der Waals surface area contributed by atoms with Gasteiger partial charge in [0.15, 0.2) is 12.1 Å². The normalized spacial score (nSPS) is 8.57. The number of aromatic amines is 1. The van der Waals surface area contributed by atoms with E-state index in [-0.39, 0.29) is 0 Å². The van der Waals surface area contributed by atoms with Crippen LogP contribution in [0.2, 0.25) is 0 Å². The Labute approximate surface area is 40.4 Å². The number of hydrogen-bond donors (Lipinski definition) is 1. The minimum Gasteiger partial charge on any atom is -0.342 e. The molecule has 1 rings (SSSR count). The third-order valence-corrected chi connectivity index (χ3v) is 0.581. The van der Waals surface area contributed by atoms with Crippen molar-refractivity contribution < 1.29 is 4.79 Å². The largest absolute Gasteiger partial charge is 0.342 e. The van der Waals surface area contributed by atoms with E-state index in [1.54, 1.807) is 0 Å². The summed E-state index contributed by atoms with van der Waals surface area (Å²) in [5.74, 6) is 0.319. The lowest BCUT2D eigenvalue weighted by atomic mass is 10.7. The lowest BCUT2D eigenvalue weighted by Gasteiger charge is -1.68. The first-order chi connectivity index (χ1) is 3.43. The molecule has 0 aliphatic carbocycles. The highest BCUT2D eigenvalue weighted by atomic mass is 16.1. The molecule has 0 spiro atoms. The minimum absolute atomic E-state index is 0.319. The highest BCUT2D eigenvalue weighted by Gasteiger charge is 1.83. The van der Waals surface area contributed by atoms with Gasteiger partial charge in [0, 0.05) is 6.20 Å². The molecule has 0 aliphatic heterocycles. The number of nitrogens with one attached hydrogen (secondary N) is 1. The molecule has 1 aromatic rings. The SMILES string of the molecule is O=Cc1n[c]c[nH]1. The van der Waals surface area contributed by atoms with Crippen LogP contribution in [0.5, 0.6) is 0 Å². The lowest BCUT2D eigenvalue weighted by Crippen LogP contribution is -1.78. The van der Waals surface area contributed by atoms with Crippen LogP contribution in [0.25, 0.3) is 0 Å². The van der Waals surface area contributed by atoms with Crippen molar-refractivity contribution in [3.05, 3.63) is 18.2 Å². The number of aromatic nitrogens is 2. The second kappa shape index (κ2) is 1.55. The van der Waals surface area contributed by atoms with Crippen molar-refractivity contribution >= 4 is 6.29 Å². The van der Waals surface area contributed by atoms with E-state index in [1.807, 2.05) is 0 Å².